The average molecular weight is 250 g/mol. The number of hydrogen-bond acceptors (Lipinski definition) is 4. The number of aryl methyl sites for hydroxylation is 1. The number of hydrogen-bond donors (Lipinski definition) is 1. The van der Waals surface area contributed by atoms with Gasteiger partial charge in [0.15, 0.2) is 0 Å². The maximum absolute atomic E-state index is 5.77. The molecule has 0 saturated carbocycles. The lowest BCUT2D eigenvalue weighted by Crippen LogP contribution is -2.21. The van der Waals surface area contributed by atoms with Gasteiger partial charge in [0.05, 0.1) is 6.61 Å². The summed E-state index contributed by atoms with van der Waals surface area (Å²) in [4.78, 5) is 4.48. The number of ether oxygens (including phenoxy) is 2. The van der Waals surface area contributed by atoms with Crippen molar-refractivity contribution in [2.24, 2.45) is 5.92 Å². The van der Waals surface area contributed by atoms with Crippen LogP contribution in [-0.4, -0.2) is 31.9 Å². The zero-order valence-electron chi connectivity index (χ0n) is 11.2. The molecule has 1 N–H and O–H groups in total. The normalized spacial score (nSPS) is 16.8. The molecule has 0 spiro atoms. The van der Waals surface area contributed by atoms with Crippen LogP contribution in [0.3, 0.4) is 0 Å². The second-order valence-electron chi connectivity index (χ2n) is 4.79. The van der Waals surface area contributed by atoms with Gasteiger partial charge in [0.1, 0.15) is 0 Å². The van der Waals surface area contributed by atoms with E-state index in [4.69, 9.17) is 9.47 Å². The third-order valence-corrected chi connectivity index (χ3v) is 3.34. The Morgan fingerprint density at radius 2 is 2.17 bits per heavy atom. The molecule has 0 atom stereocenters. The molecule has 0 bridgehead atoms. The number of nitrogens with zero attached hydrogens (tertiary/aromatic N) is 1. The number of rotatable bonds is 5. The molecular formula is C14H22N2O2. The Morgan fingerprint density at radius 3 is 2.83 bits per heavy atom. The lowest BCUT2D eigenvalue weighted by Gasteiger charge is -2.21. The van der Waals surface area contributed by atoms with Gasteiger partial charge in [-0.3, -0.25) is 0 Å². The van der Waals surface area contributed by atoms with Crippen molar-refractivity contribution in [3.63, 3.8) is 0 Å². The number of pyridine rings is 1. The van der Waals surface area contributed by atoms with Gasteiger partial charge in [0.2, 0.25) is 5.88 Å². The van der Waals surface area contributed by atoms with Crippen molar-refractivity contribution >= 4 is 0 Å². The average Bonchev–Trinajstić information content (AvgIpc) is 2.41. The summed E-state index contributed by atoms with van der Waals surface area (Å²) in [5.74, 6) is 1.34. The van der Waals surface area contributed by atoms with E-state index in [1.54, 1.807) is 0 Å². The van der Waals surface area contributed by atoms with Crippen LogP contribution < -0.4 is 10.1 Å². The summed E-state index contributed by atoms with van der Waals surface area (Å²) < 4.78 is 11.1. The van der Waals surface area contributed by atoms with Gasteiger partial charge >= 0.3 is 0 Å². The Hall–Kier alpha value is -1.13. The summed E-state index contributed by atoms with van der Waals surface area (Å²) in [6.07, 6.45) is 2.19. The summed E-state index contributed by atoms with van der Waals surface area (Å²) in [7, 11) is 1.94. The lowest BCUT2D eigenvalue weighted by molar-refractivity contribution is 0.0490. The molecule has 1 aromatic rings. The summed E-state index contributed by atoms with van der Waals surface area (Å²) in [6, 6.07) is 4.04. The van der Waals surface area contributed by atoms with Crippen LogP contribution >= 0.6 is 0 Å². The molecule has 0 unspecified atom stereocenters. The fourth-order valence-corrected chi connectivity index (χ4v) is 2.14. The van der Waals surface area contributed by atoms with Crippen molar-refractivity contribution < 1.29 is 9.47 Å². The number of aromatic nitrogens is 1. The Labute approximate surface area is 109 Å². The maximum atomic E-state index is 5.77. The third-order valence-electron chi connectivity index (χ3n) is 3.34. The SMILES string of the molecule is CNCc1ccc(OCC2CCOCC2)nc1C. The molecule has 1 aromatic heterocycles. The fourth-order valence-electron chi connectivity index (χ4n) is 2.14. The molecule has 2 rings (SSSR count). The van der Waals surface area contributed by atoms with Crippen molar-refractivity contribution in [1.82, 2.24) is 10.3 Å². The van der Waals surface area contributed by atoms with E-state index in [1.807, 2.05) is 20.0 Å². The zero-order chi connectivity index (χ0) is 12.8. The van der Waals surface area contributed by atoms with Crippen LogP contribution in [0.2, 0.25) is 0 Å². The van der Waals surface area contributed by atoms with Gasteiger partial charge < -0.3 is 14.8 Å². The van der Waals surface area contributed by atoms with Crippen LogP contribution in [0, 0.1) is 12.8 Å². The van der Waals surface area contributed by atoms with Crippen LogP contribution in [0.15, 0.2) is 12.1 Å². The van der Waals surface area contributed by atoms with E-state index in [2.05, 4.69) is 16.4 Å². The van der Waals surface area contributed by atoms with E-state index in [-0.39, 0.29) is 0 Å². The fraction of sp³-hybridized carbons (Fsp3) is 0.643. The first kappa shape index (κ1) is 13.3. The first-order valence-corrected chi connectivity index (χ1v) is 6.61. The van der Waals surface area contributed by atoms with Crippen molar-refractivity contribution in [1.29, 1.82) is 0 Å². The molecule has 1 saturated heterocycles. The predicted octanol–water partition coefficient (Wildman–Crippen LogP) is 1.91. The predicted molar refractivity (Wildman–Crippen MR) is 70.8 cm³/mol. The van der Waals surface area contributed by atoms with Gasteiger partial charge in [-0.15, -0.1) is 0 Å². The second kappa shape index (κ2) is 6.71. The molecule has 0 amide bonds. The van der Waals surface area contributed by atoms with E-state index in [9.17, 15) is 0 Å². The van der Waals surface area contributed by atoms with Crippen molar-refractivity contribution in [2.45, 2.75) is 26.3 Å². The molecule has 1 fully saturated rings. The highest BCUT2D eigenvalue weighted by atomic mass is 16.5. The topological polar surface area (TPSA) is 43.4 Å². The van der Waals surface area contributed by atoms with E-state index in [1.165, 1.54) is 5.56 Å². The quantitative estimate of drug-likeness (QED) is 0.867. The van der Waals surface area contributed by atoms with Gasteiger partial charge in [-0.05, 0) is 38.3 Å². The van der Waals surface area contributed by atoms with E-state index < -0.39 is 0 Å². The largest absolute Gasteiger partial charge is 0.477 e. The summed E-state index contributed by atoms with van der Waals surface area (Å²) in [6.45, 7) is 5.34. The molecular weight excluding hydrogens is 228 g/mol. The monoisotopic (exact) mass is 250 g/mol. The Bertz CT molecular complexity index is 376. The highest BCUT2D eigenvalue weighted by Crippen LogP contribution is 2.17. The first-order chi connectivity index (χ1) is 8.79. The van der Waals surface area contributed by atoms with Crippen molar-refractivity contribution in [3.8, 4) is 5.88 Å². The molecule has 1 aliphatic heterocycles. The van der Waals surface area contributed by atoms with E-state index >= 15 is 0 Å². The third kappa shape index (κ3) is 3.68. The van der Waals surface area contributed by atoms with Gasteiger partial charge in [0.25, 0.3) is 0 Å². The van der Waals surface area contributed by atoms with Crippen LogP contribution in [0.25, 0.3) is 0 Å². The molecule has 0 aliphatic carbocycles. The Balaban J connectivity index is 1.87. The second-order valence-corrected chi connectivity index (χ2v) is 4.79. The highest BCUT2D eigenvalue weighted by Gasteiger charge is 2.14. The minimum absolute atomic E-state index is 0.609. The molecule has 4 heteroatoms. The van der Waals surface area contributed by atoms with Gasteiger partial charge in [-0.2, -0.15) is 0 Å². The van der Waals surface area contributed by atoms with Crippen molar-refractivity contribution in [2.75, 3.05) is 26.9 Å². The maximum Gasteiger partial charge on any atom is 0.213 e. The summed E-state index contributed by atoms with van der Waals surface area (Å²) >= 11 is 0. The Morgan fingerprint density at radius 1 is 1.39 bits per heavy atom. The molecule has 1 aliphatic rings. The molecule has 4 nitrogen and oxygen atoms in total. The molecule has 2 heterocycles. The van der Waals surface area contributed by atoms with E-state index in [0.717, 1.165) is 50.8 Å². The Kier molecular flexibility index (Phi) is 4.96. The van der Waals surface area contributed by atoms with E-state index in [0.29, 0.717) is 5.92 Å². The smallest absolute Gasteiger partial charge is 0.213 e. The summed E-state index contributed by atoms with van der Waals surface area (Å²) in [5.41, 5.74) is 2.25. The molecule has 18 heavy (non-hydrogen) atoms. The zero-order valence-corrected chi connectivity index (χ0v) is 11.2. The number of nitrogens with one attached hydrogen (secondary N) is 1. The minimum atomic E-state index is 0.609. The van der Waals surface area contributed by atoms with Gasteiger partial charge in [-0.25, -0.2) is 4.98 Å². The minimum Gasteiger partial charge on any atom is -0.477 e. The highest BCUT2D eigenvalue weighted by molar-refractivity contribution is 5.24. The van der Waals surface area contributed by atoms with Gasteiger partial charge in [0, 0.05) is 31.5 Å². The lowest BCUT2D eigenvalue weighted by atomic mass is 10.0. The molecule has 0 aromatic carbocycles. The van der Waals surface area contributed by atoms with Crippen LogP contribution in [0.5, 0.6) is 5.88 Å². The molecule has 0 radical (unpaired) electrons. The first-order valence-electron chi connectivity index (χ1n) is 6.61. The van der Waals surface area contributed by atoms with Crippen LogP contribution in [0.4, 0.5) is 0 Å². The van der Waals surface area contributed by atoms with Crippen molar-refractivity contribution in [3.05, 3.63) is 23.4 Å². The molecule has 100 valence electrons. The van der Waals surface area contributed by atoms with Crippen LogP contribution in [-0.2, 0) is 11.3 Å². The summed E-state index contributed by atoms with van der Waals surface area (Å²) in [5, 5.41) is 3.13. The van der Waals surface area contributed by atoms with Crippen LogP contribution in [0.1, 0.15) is 24.1 Å². The standard InChI is InChI=1S/C14H22N2O2/c1-11-13(9-15-2)3-4-14(16-11)18-10-12-5-7-17-8-6-12/h3-4,12,15H,5-10H2,1-2H3. The van der Waals surface area contributed by atoms with Gasteiger partial charge in [-0.1, -0.05) is 6.07 Å².